The van der Waals surface area contributed by atoms with Gasteiger partial charge in [-0.3, -0.25) is 4.79 Å². The van der Waals surface area contributed by atoms with Crippen LogP contribution in [0.2, 0.25) is 0 Å². The lowest BCUT2D eigenvalue weighted by atomic mass is 10.1. The Hall–Kier alpha value is -3.13. The van der Waals surface area contributed by atoms with Gasteiger partial charge < -0.3 is 4.74 Å². The monoisotopic (exact) mass is 490 g/mol. The van der Waals surface area contributed by atoms with Crippen LogP contribution in [0.5, 0.6) is 5.75 Å². The summed E-state index contributed by atoms with van der Waals surface area (Å²) in [5, 5.41) is 3.86. The van der Waals surface area contributed by atoms with E-state index in [1.807, 2.05) is 30.3 Å². The molecule has 3 aromatic carbocycles. The quantitative estimate of drug-likeness (QED) is 0.339. The van der Waals surface area contributed by atoms with E-state index >= 15 is 0 Å². The van der Waals surface area contributed by atoms with E-state index in [1.54, 1.807) is 18.2 Å². The summed E-state index contributed by atoms with van der Waals surface area (Å²) >= 11 is 3.44. The van der Waals surface area contributed by atoms with Crippen molar-refractivity contribution in [1.82, 2.24) is 5.43 Å². The number of halogens is 4. The number of nitrogens with zero attached hydrogens (tertiary/aromatic N) is 1. The van der Waals surface area contributed by atoms with Crippen LogP contribution in [0.4, 0.5) is 13.2 Å². The van der Waals surface area contributed by atoms with Gasteiger partial charge in [-0.15, -0.1) is 0 Å². The van der Waals surface area contributed by atoms with E-state index in [1.165, 1.54) is 18.3 Å². The molecule has 0 bridgehead atoms. The third-order valence-electron chi connectivity index (χ3n) is 4.21. The Labute approximate surface area is 185 Å². The second-order valence-corrected chi connectivity index (χ2v) is 7.49. The zero-order valence-electron chi connectivity index (χ0n) is 16.2. The molecule has 0 saturated heterocycles. The standard InChI is InChI=1S/C23H18BrF3N2O2/c24-20-12-18(9-10-21(20)31-15-16-5-2-1-3-6-16)14-28-29-22(30)13-17-7-4-8-19(11-17)23(25,26)27/h1-12,14H,13,15H2,(H,29,30)/b28-14-. The first-order valence-electron chi connectivity index (χ1n) is 9.25. The first kappa shape index (κ1) is 22.6. The average molecular weight is 491 g/mol. The molecule has 3 rings (SSSR count). The maximum atomic E-state index is 12.8. The van der Waals surface area contributed by atoms with Crippen LogP contribution in [-0.2, 0) is 24.0 Å². The molecule has 0 aromatic heterocycles. The molecule has 0 radical (unpaired) electrons. The van der Waals surface area contributed by atoms with Crippen molar-refractivity contribution in [1.29, 1.82) is 0 Å². The van der Waals surface area contributed by atoms with Crippen LogP contribution in [0.15, 0.2) is 82.4 Å². The topological polar surface area (TPSA) is 50.7 Å². The Morgan fingerprint density at radius 1 is 1.00 bits per heavy atom. The van der Waals surface area contributed by atoms with Crippen LogP contribution in [0.3, 0.4) is 0 Å². The Morgan fingerprint density at radius 3 is 2.45 bits per heavy atom. The van der Waals surface area contributed by atoms with Gasteiger partial charge >= 0.3 is 6.18 Å². The number of rotatable bonds is 7. The Balaban J connectivity index is 1.53. The minimum atomic E-state index is -4.45. The van der Waals surface area contributed by atoms with Crippen molar-refractivity contribution in [3.8, 4) is 5.75 Å². The summed E-state index contributed by atoms with van der Waals surface area (Å²) in [6.45, 7) is 0.429. The van der Waals surface area contributed by atoms with E-state index in [0.29, 0.717) is 17.9 Å². The van der Waals surface area contributed by atoms with E-state index < -0.39 is 17.6 Å². The van der Waals surface area contributed by atoms with Gasteiger partial charge in [0.05, 0.1) is 22.7 Å². The van der Waals surface area contributed by atoms with Crippen LogP contribution in [0.25, 0.3) is 0 Å². The number of ether oxygens (including phenoxy) is 1. The Bertz CT molecular complexity index is 1070. The van der Waals surface area contributed by atoms with Gasteiger partial charge in [-0.1, -0.05) is 48.5 Å². The number of hydrogen-bond acceptors (Lipinski definition) is 3. The molecule has 4 nitrogen and oxygen atoms in total. The number of nitrogens with one attached hydrogen (secondary N) is 1. The molecule has 160 valence electrons. The highest BCUT2D eigenvalue weighted by Crippen LogP contribution is 2.29. The number of hydrazone groups is 1. The molecule has 8 heteroatoms. The Kier molecular flexibility index (Phi) is 7.46. The predicted molar refractivity (Wildman–Crippen MR) is 116 cm³/mol. The molecule has 0 aliphatic heterocycles. The highest BCUT2D eigenvalue weighted by molar-refractivity contribution is 9.10. The highest BCUT2D eigenvalue weighted by atomic mass is 79.9. The fraction of sp³-hybridized carbons (Fsp3) is 0.130. The lowest BCUT2D eigenvalue weighted by Crippen LogP contribution is -2.20. The number of hydrogen-bond donors (Lipinski definition) is 1. The van der Waals surface area contributed by atoms with Gasteiger partial charge in [-0.2, -0.15) is 18.3 Å². The molecule has 3 aromatic rings. The zero-order valence-corrected chi connectivity index (χ0v) is 17.8. The van der Waals surface area contributed by atoms with E-state index in [0.717, 1.165) is 22.2 Å². The number of alkyl halides is 3. The zero-order chi connectivity index (χ0) is 22.3. The van der Waals surface area contributed by atoms with Crippen molar-refractivity contribution in [2.24, 2.45) is 5.10 Å². The first-order chi connectivity index (χ1) is 14.8. The number of carbonyl (C=O) groups excluding carboxylic acids is 1. The maximum Gasteiger partial charge on any atom is 0.416 e. The van der Waals surface area contributed by atoms with Crippen LogP contribution in [-0.4, -0.2) is 12.1 Å². The normalized spacial score (nSPS) is 11.5. The molecule has 31 heavy (non-hydrogen) atoms. The second kappa shape index (κ2) is 10.3. The number of benzene rings is 3. The molecule has 1 amide bonds. The van der Waals surface area contributed by atoms with Crippen molar-refractivity contribution < 1.29 is 22.7 Å². The van der Waals surface area contributed by atoms with Crippen LogP contribution in [0, 0.1) is 0 Å². The van der Waals surface area contributed by atoms with Gasteiger partial charge in [0.15, 0.2) is 0 Å². The molecule has 0 fully saturated rings. The van der Waals surface area contributed by atoms with Gasteiger partial charge in [0.1, 0.15) is 12.4 Å². The number of carbonyl (C=O) groups is 1. The molecular formula is C23H18BrF3N2O2. The number of amides is 1. The Morgan fingerprint density at radius 2 is 1.74 bits per heavy atom. The summed E-state index contributed by atoms with van der Waals surface area (Å²) in [7, 11) is 0. The molecule has 0 spiro atoms. The minimum Gasteiger partial charge on any atom is -0.488 e. The van der Waals surface area contributed by atoms with Gasteiger partial charge in [0.2, 0.25) is 5.91 Å². The van der Waals surface area contributed by atoms with E-state index in [2.05, 4.69) is 26.5 Å². The lowest BCUT2D eigenvalue weighted by molar-refractivity contribution is -0.137. The van der Waals surface area contributed by atoms with Gasteiger partial charge in [0.25, 0.3) is 0 Å². The third-order valence-corrected chi connectivity index (χ3v) is 4.83. The van der Waals surface area contributed by atoms with Gasteiger partial charge in [-0.05, 0) is 56.9 Å². The van der Waals surface area contributed by atoms with E-state index in [-0.39, 0.29) is 12.0 Å². The molecule has 1 N–H and O–H groups in total. The predicted octanol–water partition coefficient (Wildman–Crippen LogP) is 5.74. The van der Waals surface area contributed by atoms with Crippen molar-refractivity contribution >= 4 is 28.1 Å². The van der Waals surface area contributed by atoms with E-state index in [4.69, 9.17) is 4.74 Å². The molecule has 0 aliphatic rings. The summed E-state index contributed by atoms with van der Waals surface area (Å²) in [5.74, 6) is 0.145. The first-order valence-corrected chi connectivity index (χ1v) is 10.0. The summed E-state index contributed by atoms with van der Waals surface area (Å²) in [6, 6.07) is 19.7. The van der Waals surface area contributed by atoms with Crippen molar-refractivity contribution in [2.45, 2.75) is 19.2 Å². The van der Waals surface area contributed by atoms with Crippen LogP contribution in [0.1, 0.15) is 22.3 Å². The van der Waals surface area contributed by atoms with Gasteiger partial charge in [0, 0.05) is 0 Å². The molecular weight excluding hydrogens is 473 g/mol. The molecule has 0 heterocycles. The maximum absolute atomic E-state index is 12.8. The minimum absolute atomic E-state index is 0.211. The highest BCUT2D eigenvalue weighted by Gasteiger charge is 2.30. The van der Waals surface area contributed by atoms with E-state index in [9.17, 15) is 18.0 Å². The third kappa shape index (κ3) is 6.96. The van der Waals surface area contributed by atoms with Crippen molar-refractivity contribution in [2.75, 3.05) is 0 Å². The smallest absolute Gasteiger partial charge is 0.416 e. The molecule has 0 atom stereocenters. The lowest BCUT2D eigenvalue weighted by Gasteiger charge is -2.09. The summed E-state index contributed by atoms with van der Waals surface area (Å²) in [4.78, 5) is 12.0. The largest absolute Gasteiger partial charge is 0.488 e. The van der Waals surface area contributed by atoms with Crippen LogP contribution < -0.4 is 10.2 Å². The summed E-state index contributed by atoms with van der Waals surface area (Å²) in [5.41, 5.74) is 3.54. The molecule has 0 unspecified atom stereocenters. The summed E-state index contributed by atoms with van der Waals surface area (Å²) < 4.78 is 44.8. The average Bonchev–Trinajstić information content (AvgIpc) is 2.73. The second-order valence-electron chi connectivity index (χ2n) is 6.63. The van der Waals surface area contributed by atoms with Gasteiger partial charge in [-0.25, -0.2) is 5.43 Å². The fourth-order valence-corrected chi connectivity index (χ4v) is 3.22. The van der Waals surface area contributed by atoms with Crippen molar-refractivity contribution in [3.63, 3.8) is 0 Å². The SMILES string of the molecule is O=C(Cc1cccc(C(F)(F)F)c1)N/N=C\c1ccc(OCc2ccccc2)c(Br)c1. The fourth-order valence-electron chi connectivity index (χ4n) is 2.71. The molecule has 0 saturated carbocycles. The van der Waals surface area contributed by atoms with Crippen LogP contribution >= 0.6 is 15.9 Å². The van der Waals surface area contributed by atoms with Crippen molar-refractivity contribution in [3.05, 3.63) is 99.5 Å². The molecule has 0 aliphatic carbocycles. The summed E-state index contributed by atoms with van der Waals surface area (Å²) in [6.07, 6.45) is -3.22.